The summed E-state index contributed by atoms with van der Waals surface area (Å²) in [6.45, 7) is 8.79. The SMILES string of the molecule is CC(C)C[N+]1(Cc2ccc(F)cc2F)CC[C@@H](CN)C1.O=C(O)C(O)C(O)C(=O)O. The van der Waals surface area contributed by atoms with Gasteiger partial charge in [0.2, 0.25) is 0 Å². The van der Waals surface area contributed by atoms with Crippen molar-refractivity contribution in [2.24, 2.45) is 17.6 Å². The topological polar surface area (TPSA) is 141 Å². The Bertz CT molecular complexity index is 715. The highest BCUT2D eigenvalue weighted by atomic mass is 19.1. The second kappa shape index (κ2) is 11.3. The Hall–Kier alpha value is -2.14. The van der Waals surface area contributed by atoms with Gasteiger partial charge in [-0.15, -0.1) is 0 Å². The zero-order valence-electron chi connectivity index (χ0n) is 17.2. The van der Waals surface area contributed by atoms with E-state index in [-0.39, 0.29) is 0 Å². The molecule has 2 rings (SSSR count). The molecule has 0 bridgehead atoms. The van der Waals surface area contributed by atoms with Crippen LogP contribution in [0.2, 0.25) is 0 Å². The van der Waals surface area contributed by atoms with E-state index in [9.17, 15) is 18.4 Å². The Morgan fingerprint density at radius 1 is 1.17 bits per heavy atom. The third-order valence-electron chi connectivity index (χ3n) is 5.07. The molecule has 0 aliphatic carbocycles. The number of aliphatic hydroxyl groups excluding tert-OH is 2. The van der Waals surface area contributed by atoms with E-state index in [1.54, 1.807) is 6.07 Å². The molecular formula is C20H31F2N2O6+. The first-order chi connectivity index (χ1) is 13.9. The quantitative estimate of drug-likeness (QED) is 0.382. The third-order valence-corrected chi connectivity index (χ3v) is 5.07. The van der Waals surface area contributed by atoms with E-state index in [1.807, 2.05) is 0 Å². The monoisotopic (exact) mass is 433 g/mol. The summed E-state index contributed by atoms with van der Waals surface area (Å²) in [5.41, 5.74) is 6.41. The Labute approximate surface area is 174 Å². The van der Waals surface area contributed by atoms with Crippen LogP contribution in [0, 0.1) is 23.5 Å². The van der Waals surface area contributed by atoms with Crippen molar-refractivity contribution in [1.29, 1.82) is 0 Å². The second-order valence-corrected chi connectivity index (χ2v) is 8.17. The normalized spacial score (nSPS) is 22.9. The number of likely N-dealkylation sites (tertiary alicyclic amines) is 1. The van der Waals surface area contributed by atoms with Crippen LogP contribution in [-0.4, -0.2) is 75.2 Å². The van der Waals surface area contributed by atoms with Gasteiger partial charge < -0.3 is 30.6 Å². The fourth-order valence-corrected chi connectivity index (χ4v) is 3.81. The fourth-order valence-electron chi connectivity index (χ4n) is 3.81. The zero-order chi connectivity index (χ0) is 23.1. The molecule has 1 aromatic rings. The molecule has 4 atom stereocenters. The first kappa shape index (κ1) is 25.9. The number of nitrogens with zero attached hydrogens (tertiary/aromatic N) is 1. The van der Waals surface area contributed by atoms with Crippen molar-refractivity contribution in [3.63, 3.8) is 0 Å². The van der Waals surface area contributed by atoms with Gasteiger partial charge in [-0.05, 0) is 12.1 Å². The number of benzene rings is 1. The lowest BCUT2D eigenvalue weighted by atomic mass is 10.1. The fraction of sp³-hybridized carbons (Fsp3) is 0.600. The molecule has 3 unspecified atom stereocenters. The van der Waals surface area contributed by atoms with Crippen molar-refractivity contribution < 1.29 is 43.3 Å². The Balaban J connectivity index is 0.000000382. The highest BCUT2D eigenvalue weighted by Gasteiger charge is 2.38. The summed E-state index contributed by atoms with van der Waals surface area (Å²) in [5.74, 6) is -3.40. The molecule has 0 aromatic heterocycles. The molecule has 1 aliphatic rings. The van der Waals surface area contributed by atoms with Gasteiger partial charge in [-0.1, -0.05) is 13.8 Å². The molecule has 1 aliphatic heterocycles. The molecule has 170 valence electrons. The van der Waals surface area contributed by atoms with Crippen LogP contribution in [-0.2, 0) is 16.1 Å². The highest BCUT2D eigenvalue weighted by Crippen LogP contribution is 2.29. The maximum atomic E-state index is 13.9. The van der Waals surface area contributed by atoms with Gasteiger partial charge in [0.1, 0.15) is 18.2 Å². The minimum atomic E-state index is -2.27. The zero-order valence-corrected chi connectivity index (χ0v) is 17.2. The first-order valence-electron chi connectivity index (χ1n) is 9.71. The summed E-state index contributed by atoms with van der Waals surface area (Å²) in [5, 5.41) is 32.5. The van der Waals surface area contributed by atoms with Gasteiger partial charge in [0.15, 0.2) is 12.2 Å². The maximum absolute atomic E-state index is 13.9. The summed E-state index contributed by atoms with van der Waals surface area (Å²) < 4.78 is 27.8. The summed E-state index contributed by atoms with van der Waals surface area (Å²) in [6, 6.07) is 3.92. The number of carbonyl (C=O) groups is 2. The number of carboxylic acids is 2. The number of halogens is 2. The number of hydrogen-bond acceptors (Lipinski definition) is 5. The van der Waals surface area contributed by atoms with Gasteiger partial charge in [0.05, 0.1) is 19.6 Å². The third kappa shape index (κ3) is 7.60. The lowest BCUT2D eigenvalue weighted by molar-refractivity contribution is -0.933. The molecule has 1 heterocycles. The van der Waals surface area contributed by atoms with Crippen molar-refractivity contribution in [1.82, 2.24) is 0 Å². The van der Waals surface area contributed by atoms with Crippen molar-refractivity contribution >= 4 is 11.9 Å². The van der Waals surface area contributed by atoms with Crippen LogP contribution in [0.1, 0.15) is 25.8 Å². The minimum absolute atomic E-state index is 0.428. The Kier molecular flexibility index (Phi) is 9.76. The van der Waals surface area contributed by atoms with Gasteiger partial charge in [-0.25, -0.2) is 18.4 Å². The number of hydrogen-bond donors (Lipinski definition) is 5. The van der Waals surface area contributed by atoms with E-state index >= 15 is 0 Å². The average Bonchev–Trinajstić information content (AvgIpc) is 3.05. The summed E-state index contributed by atoms with van der Waals surface area (Å²) in [6.07, 6.45) is -3.43. The number of carboxylic acid groups (broad SMARTS) is 2. The smallest absolute Gasteiger partial charge is 0.335 e. The van der Waals surface area contributed by atoms with Gasteiger partial charge in [0, 0.05) is 36.4 Å². The molecule has 0 saturated carbocycles. The van der Waals surface area contributed by atoms with Crippen LogP contribution in [0.25, 0.3) is 0 Å². The van der Waals surface area contributed by atoms with Gasteiger partial charge in [-0.3, -0.25) is 0 Å². The number of rotatable bonds is 8. The standard InChI is InChI=1S/C16H25F2N2.C4H6O6/c1-12(2)9-20(6-5-13(8-19)10-20)11-14-3-4-15(17)7-16(14)18;5-1(3(7)8)2(6)4(9)10/h3-4,7,12-13H,5-6,8-11,19H2,1-2H3;1-2,5-6H,(H,7,8)(H,9,10)/q+1;/t13-,20?;/m0./s1. The van der Waals surface area contributed by atoms with Crippen LogP contribution in [0.3, 0.4) is 0 Å². The second-order valence-electron chi connectivity index (χ2n) is 8.17. The lowest BCUT2D eigenvalue weighted by Crippen LogP contribution is -2.48. The van der Waals surface area contributed by atoms with Gasteiger partial charge in [-0.2, -0.15) is 0 Å². The molecule has 10 heteroatoms. The number of quaternary nitrogens is 1. The predicted octanol–water partition coefficient (Wildman–Crippen LogP) is 0.794. The molecule has 1 saturated heterocycles. The molecule has 8 nitrogen and oxygen atoms in total. The largest absolute Gasteiger partial charge is 0.479 e. The van der Waals surface area contributed by atoms with Crippen LogP contribution in [0.5, 0.6) is 0 Å². The highest BCUT2D eigenvalue weighted by molar-refractivity contribution is 5.83. The van der Waals surface area contributed by atoms with E-state index < -0.39 is 35.8 Å². The predicted molar refractivity (Wildman–Crippen MR) is 104 cm³/mol. The molecule has 30 heavy (non-hydrogen) atoms. The van der Waals surface area contributed by atoms with E-state index in [2.05, 4.69) is 13.8 Å². The first-order valence-corrected chi connectivity index (χ1v) is 9.71. The summed E-state index contributed by atoms with van der Waals surface area (Å²) in [7, 11) is 0. The minimum Gasteiger partial charge on any atom is -0.479 e. The van der Waals surface area contributed by atoms with E-state index in [1.165, 1.54) is 6.07 Å². The molecule has 0 radical (unpaired) electrons. The number of aliphatic carboxylic acids is 2. The van der Waals surface area contributed by atoms with Crippen molar-refractivity contribution in [2.45, 2.75) is 39.0 Å². The molecule has 6 N–H and O–H groups in total. The number of nitrogens with two attached hydrogens (primary N) is 1. The van der Waals surface area contributed by atoms with Crippen LogP contribution in [0.4, 0.5) is 8.78 Å². The van der Waals surface area contributed by atoms with E-state index in [0.717, 1.165) is 36.6 Å². The number of aliphatic hydroxyl groups is 2. The molecule has 1 aromatic carbocycles. The van der Waals surface area contributed by atoms with Crippen molar-refractivity contribution in [3.8, 4) is 0 Å². The maximum Gasteiger partial charge on any atom is 0.335 e. The van der Waals surface area contributed by atoms with Crippen LogP contribution in [0.15, 0.2) is 18.2 Å². The van der Waals surface area contributed by atoms with Crippen molar-refractivity contribution in [3.05, 3.63) is 35.4 Å². The van der Waals surface area contributed by atoms with E-state index in [0.29, 0.717) is 30.5 Å². The molecule has 0 spiro atoms. The van der Waals surface area contributed by atoms with Crippen LogP contribution >= 0.6 is 0 Å². The summed E-state index contributed by atoms with van der Waals surface area (Å²) in [4.78, 5) is 19.5. The lowest BCUT2D eigenvalue weighted by Gasteiger charge is -2.36. The van der Waals surface area contributed by atoms with Crippen LogP contribution < -0.4 is 5.73 Å². The average molecular weight is 433 g/mol. The molecular weight excluding hydrogens is 402 g/mol. The Morgan fingerprint density at radius 3 is 2.13 bits per heavy atom. The van der Waals surface area contributed by atoms with Crippen molar-refractivity contribution in [2.75, 3.05) is 26.2 Å². The summed E-state index contributed by atoms with van der Waals surface area (Å²) >= 11 is 0. The molecule has 1 fully saturated rings. The molecule has 0 amide bonds. The van der Waals surface area contributed by atoms with Gasteiger partial charge >= 0.3 is 11.9 Å². The van der Waals surface area contributed by atoms with E-state index in [4.69, 9.17) is 26.2 Å². The van der Waals surface area contributed by atoms with Gasteiger partial charge in [0.25, 0.3) is 0 Å². The Morgan fingerprint density at radius 2 is 1.73 bits per heavy atom.